The third-order valence-corrected chi connectivity index (χ3v) is 2.25. The summed E-state index contributed by atoms with van der Waals surface area (Å²) in [4.78, 5) is 10.5. The van der Waals surface area contributed by atoms with Crippen LogP contribution < -0.4 is 15.8 Å². The number of primary amides is 1. The summed E-state index contributed by atoms with van der Waals surface area (Å²) in [6.45, 7) is -1.52. The van der Waals surface area contributed by atoms with Gasteiger partial charge in [-0.1, -0.05) is 12.1 Å². The molecule has 0 fully saturated rings. The molecular formula is C12H16F2N2O2. The normalized spacial score (nSPS) is 10.6. The van der Waals surface area contributed by atoms with Crippen LogP contribution in [-0.2, 0) is 11.3 Å². The summed E-state index contributed by atoms with van der Waals surface area (Å²) in [7, 11) is 0. The van der Waals surface area contributed by atoms with Crippen LogP contribution in [0.3, 0.4) is 0 Å². The fourth-order valence-electron chi connectivity index (χ4n) is 1.41. The molecule has 0 heterocycles. The zero-order valence-corrected chi connectivity index (χ0v) is 9.86. The Bertz CT molecular complexity index is 369. The van der Waals surface area contributed by atoms with Gasteiger partial charge in [0.25, 0.3) is 0 Å². The van der Waals surface area contributed by atoms with E-state index >= 15 is 0 Å². The molecule has 1 aromatic rings. The van der Waals surface area contributed by atoms with Gasteiger partial charge in [-0.15, -0.1) is 0 Å². The molecule has 1 aromatic carbocycles. The Hall–Kier alpha value is -1.69. The first-order valence-corrected chi connectivity index (χ1v) is 5.60. The van der Waals surface area contributed by atoms with Crippen LogP contribution in [0, 0.1) is 0 Å². The van der Waals surface area contributed by atoms with E-state index in [1.807, 2.05) is 0 Å². The molecule has 4 nitrogen and oxygen atoms in total. The van der Waals surface area contributed by atoms with E-state index in [1.54, 1.807) is 12.1 Å². The van der Waals surface area contributed by atoms with E-state index in [-0.39, 0.29) is 11.7 Å². The number of carbonyl (C=O) groups is 1. The van der Waals surface area contributed by atoms with Crippen LogP contribution in [0.15, 0.2) is 24.3 Å². The van der Waals surface area contributed by atoms with Crippen molar-refractivity contribution in [3.8, 4) is 5.75 Å². The lowest BCUT2D eigenvalue weighted by Gasteiger charge is -2.06. The average molecular weight is 258 g/mol. The van der Waals surface area contributed by atoms with Crippen LogP contribution in [0.5, 0.6) is 5.75 Å². The molecule has 0 radical (unpaired) electrons. The highest BCUT2D eigenvalue weighted by atomic mass is 19.3. The van der Waals surface area contributed by atoms with Crippen LogP contribution in [0.4, 0.5) is 8.78 Å². The zero-order chi connectivity index (χ0) is 13.4. The summed E-state index contributed by atoms with van der Waals surface area (Å²) in [5.74, 6) is -0.173. The van der Waals surface area contributed by atoms with E-state index in [9.17, 15) is 13.6 Å². The van der Waals surface area contributed by atoms with Gasteiger partial charge >= 0.3 is 6.61 Å². The summed E-state index contributed by atoms with van der Waals surface area (Å²) in [6.07, 6.45) is 1.04. The maximum atomic E-state index is 11.9. The number of nitrogens with two attached hydrogens (primary N) is 1. The standard InChI is InChI=1S/C12H16F2N2O2/c13-12(14)18-10-5-3-9(4-6-10)8-16-7-1-2-11(15)17/h3-6,12,16H,1-2,7-8H2,(H2,15,17). The number of hydrogen-bond acceptors (Lipinski definition) is 3. The lowest BCUT2D eigenvalue weighted by molar-refractivity contribution is -0.118. The van der Waals surface area contributed by atoms with Crippen LogP contribution in [-0.4, -0.2) is 19.1 Å². The fraction of sp³-hybridized carbons (Fsp3) is 0.417. The third kappa shape index (κ3) is 6.15. The largest absolute Gasteiger partial charge is 0.435 e. The Morgan fingerprint density at radius 2 is 2.00 bits per heavy atom. The highest BCUT2D eigenvalue weighted by molar-refractivity contribution is 5.73. The molecule has 0 aliphatic rings. The van der Waals surface area contributed by atoms with Crippen molar-refractivity contribution in [3.63, 3.8) is 0 Å². The van der Waals surface area contributed by atoms with Crippen molar-refractivity contribution in [1.29, 1.82) is 0 Å². The number of rotatable bonds is 8. The second kappa shape index (κ2) is 7.60. The van der Waals surface area contributed by atoms with Gasteiger partial charge in [-0.2, -0.15) is 8.78 Å². The maximum Gasteiger partial charge on any atom is 0.387 e. The maximum absolute atomic E-state index is 11.9. The molecule has 0 bridgehead atoms. The van der Waals surface area contributed by atoms with Gasteiger partial charge in [-0.3, -0.25) is 4.79 Å². The number of amides is 1. The van der Waals surface area contributed by atoms with Gasteiger partial charge in [0.15, 0.2) is 0 Å². The summed E-state index contributed by atoms with van der Waals surface area (Å²) in [6, 6.07) is 6.40. The molecule has 0 saturated heterocycles. The van der Waals surface area contributed by atoms with Gasteiger partial charge in [0.2, 0.25) is 5.91 Å². The number of ether oxygens (including phenoxy) is 1. The Morgan fingerprint density at radius 1 is 1.33 bits per heavy atom. The number of hydrogen-bond donors (Lipinski definition) is 2. The lowest BCUT2D eigenvalue weighted by atomic mass is 10.2. The van der Waals surface area contributed by atoms with E-state index in [0.717, 1.165) is 5.56 Å². The summed E-state index contributed by atoms with van der Waals surface area (Å²) in [5.41, 5.74) is 5.95. The molecular weight excluding hydrogens is 242 g/mol. The van der Waals surface area contributed by atoms with Crippen molar-refractivity contribution in [2.75, 3.05) is 6.54 Å². The number of halogens is 2. The first-order valence-electron chi connectivity index (χ1n) is 5.60. The molecule has 0 atom stereocenters. The Labute approximate surface area is 104 Å². The van der Waals surface area contributed by atoms with Crippen LogP contribution >= 0.6 is 0 Å². The molecule has 6 heteroatoms. The number of alkyl halides is 2. The summed E-state index contributed by atoms with van der Waals surface area (Å²) >= 11 is 0. The quantitative estimate of drug-likeness (QED) is 0.697. The van der Waals surface area contributed by atoms with Gasteiger partial charge < -0.3 is 15.8 Å². The van der Waals surface area contributed by atoms with E-state index in [0.29, 0.717) is 25.9 Å². The van der Waals surface area contributed by atoms with Crippen molar-refractivity contribution < 1.29 is 18.3 Å². The molecule has 3 N–H and O–H groups in total. The van der Waals surface area contributed by atoms with Gasteiger partial charge in [0.05, 0.1) is 0 Å². The van der Waals surface area contributed by atoms with Crippen molar-refractivity contribution in [1.82, 2.24) is 5.32 Å². The van der Waals surface area contributed by atoms with Gasteiger partial charge in [0, 0.05) is 13.0 Å². The average Bonchev–Trinajstić information content (AvgIpc) is 2.30. The molecule has 1 amide bonds. The highest BCUT2D eigenvalue weighted by Crippen LogP contribution is 2.14. The minimum Gasteiger partial charge on any atom is -0.435 e. The van der Waals surface area contributed by atoms with E-state index in [2.05, 4.69) is 10.1 Å². The van der Waals surface area contributed by atoms with Crippen LogP contribution in [0.1, 0.15) is 18.4 Å². The molecule has 100 valence electrons. The Morgan fingerprint density at radius 3 is 2.56 bits per heavy atom. The second-order valence-corrected chi connectivity index (χ2v) is 3.77. The van der Waals surface area contributed by atoms with E-state index in [4.69, 9.17) is 5.73 Å². The Balaban J connectivity index is 2.24. The van der Waals surface area contributed by atoms with Gasteiger partial charge in [-0.05, 0) is 30.7 Å². The minimum atomic E-state index is -2.80. The molecule has 1 rings (SSSR count). The number of nitrogens with one attached hydrogen (secondary N) is 1. The third-order valence-electron chi connectivity index (χ3n) is 2.25. The first-order chi connectivity index (χ1) is 8.58. The first kappa shape index (κ1) is 14.4. The molecule has 0 saturated carbocycles. The predicted molar refractivity (Wildman–Crippen MR) is 63.2 cm³/mol. The van der Waals surface area contributed by atoms with Gasteiger partial charge in [-0.25, -0.2) is 0 Å². The van der Waals surface area contributed by atoms with Crippen molar-refractivity contribution >= 4 is 5.91 Å². The van der Waals surface area contributed by atoms with E-state index in [1.165, 1.54) is 12.1 Å². The van der Waals surface area contributed by atoms with Gasteiger partial charge in [0.1, 0.15) is 5.75 Å². The molecule has 0 aliphatic heterocycles. The highest BCUT2D eigenvalue weighted by Gasteiger charge is 2.03. The van der Waals surface area contributed by atoms with Crippen molar-refractivity contribution in [2.24, 2.45) is 5.73 Å². The van der Waals surface area contributed by atoms with Crippen LogP contribution in [0.2, 0.25) is 0 Å². The lowest BCUT2D eigenvalue weighted by Crippen LogP contribution is -2.18. The molecule has 18 heavy (non-hydrogen) atoms. The van der Waals surface area contributed by atoms with Crippen molar-refractivity contribution in [2.45, 2.75) is 26.0 Å². The smallest absolute Gasteiger partial charge is 0.387 e. The topological polar surface area (TPSA) is 64.4 Å². The number of carbonyl (C=O) groups excluding carboxylic acids is 1. The number of benzene rings is 1. The van der Waals surface area contributed by atoms with E-state index < -0.39 is 6.61 Å². The molecule has 0 unspecified atom stereocenters. The fourth-order valence-corrected chi connectivity index (χ4v) is 1.41. The molecule has 0 aromatic heterocycles. The molecule has 0 aliphatic carbocycles. The summed E-state index contributed by atoms with van der Waals surface area (Å²) < 4.78 is 28.0. The van der Waals surface area contributed by atoms with Crippen LogP contribution in [0.25, 0.3) is 0 Å². The molecule has 0 spiro atoms. The predicted octanol–water partition coefficient (Wildman–Crippen LogP) is 1.64. The second-order valence-electron chi connectivity index (χ2n) is 3.77. The Kier molecular flexibility index (Phi) is 6.07. The SMILES string of the molecule is NC(=O)CCCNCc1ccc(OC(F)F)cc1. The van der Waals surface area contributed by atoms with Crippen molar-refractivity contribution in [3.05, 3.63) is 29.8 Å². The summed E-state index contributed by atoms with van der Waals surface area (Å²) in [5, 5.41) is 3.12. The monoisotopic (exact) mass is 258 g/mol. The zero-order valence-electron chi connectivity index (χ0n) is 9.86. The minimum absolute atomic E-state index is 0.141.